The maximum atomic E-state index is 12.6. The molecule has 3 aromatic rings. The number of aryl methyl sites for hydroxylation is 1. The number of amides is 1. The van der Waals surface area contributed by atoms with Gasteiger partial charge in [0.15, 0.2) is 5.76 Å². The first-order valence-corrected chi connectivity index (χ1v) is 12.0. The quantitative estimate of drug-likeness (QED) is 0.477. The van der Waals surface area contributed by atoms with Crippen LogP contribution in [-0.2, 0) is 0 Å². The Bertz CT molecular complexity index is 942. The number of anilines is 1. The van der Waals surface area contributed by atoms with Crippen LogP contribution in [0.4, 0.5) is 5.00 Å². The molecule has 1 aromatic carbocycles. The highest BCUT2D eigenvalue weighted by Gasteiger charge is 2.28. The van der Waals surface area contributed by atoms with Crippen LogP contribution in [0.5, 0.6) is 0 Å². The molecule has 1 N–H and O–H groups in total. The van der Waals surface area contributed by atoms with Crippen molar-refractivity contribution in [1.29, 1.82) is 0 Å². The monoisotopic (exact) mass is 426 g/mol. The topological polar surface area (TPSA) is 45.5 Å². The van der Waals surface area contributed by atoms with E-state index in [0.29, 0.717) is 5.76 Å². The van der Waals surface area contributed by atoms with Crippen LogP contribution in [0, 0.1) is 6.92 Å². The third-order valence-corrected chi connectivity index (χ3v) is 7.06. The predicted octanol–water partition coefficient (Wildman–Crippen LogP) is 6.20. The summed E-state index contributed by atoms with van der Waals surface area (Å²) >= 11 is 3.39. The zero-order valence-corrected chi connectivity index (χ0v) is 18.4. The van der Waals surface area contributed by atoms with Gasteiger partial charge in [0.25, 0.3) is 5.91 Å². The molecule has 2 aromatic heterocycles. The Morgan fingerprint density at radius 1 is 1.17 bits per heavy atom. The summed E-state index contributed by atoms with van der Waals surface area (Å²) < 4.78 is 5.28. The average Bonchev–Trinajstić information content (AvgIpc) is 3.40. The van der Waals surface area contributed by atoms with Gasteiger partial charge >= 0.3 is 0 Å². The second-order valence-corrected chi connectivity index (χ2v) is 9.48. The van der Waals surface area contributed by atoms with Crippen molar-refractivity contribution in [2.75, 3.05) is 24.7 Å². The van der Waals surface area contributed by atoms with Crippen LogP contribution in [0.25, 0.3) is 0 Å². The number of benzene rings is 1. The summed E-state index contributed by atoms with van der Waals surface area (Å²) in [5.41, 5.74) is 2.45. The van der Waals surface area contributed by atoms with Gasteiger partial charge in [0.1, 0.15) is 5.00 Å². The van der Waals surface area contributed by atoms with E-state index < -0.39 is 0 Å². The summed E-state index contributed by atoms with van der Waals surface area (Å²) in [7, 11) is 0. The van der Waals surface area contributed by atoms with Crippen molar-refractivity contribution in [3.05, 3.63) is 70.5 Å². The van der Waals surface area contributed by atoms with Crippen molar-refractivity contribution < 1.29 is 9.21 Å². The van der Waals surface area contributed by atoms with Crippen LogP contribution in [-0.4, -0.2) is 30.2 Å². The number of nitrogens with zero attached hydrogens (tertiary/aromatic N) is 1. The van der Waals surface area contributed by atoms with Crippen molar-refractivity contribution in [3.63, 3.8) is 0 Å². The van der Waals surface area contributed by atoms with E-state index in [1.165, 1.54) is 46.4 Å². The molecule has 6 heteroatoms. The Morgan fingerprint density at radius 2 is 1.93 bits per heavy atom. The molecule has 3 heterocycles. The summed E-state index contributed by atoms with van der Waals surface area (Å²) in [6.45, 7) is 4.26. The number of carbonyl (C=O) groups excluding carboxylic acids is 1. The fourth-order valence-corrected chi connectivity index (χ4v) is 5.31. The van der Waals surface area contributed by atoms with Crippen molar-refractivity contribution in [3.8, 4) is 0 Å². The molecule has 0 spiro atoms. The Morgan fingerprint density at radius 3 is 2.59 bits per heavy atom. The van der Waals surface area contributed by atoms with E-state index in [-0.39, 0.29) is 11.9 Å². The minimum Gasteiger partial charge on any atom is -0.459 e. The van der Waals surface area contributed by atoms with Gasteiger partial charge in [-0.25, -0.2) is 0 Å². The van der Waals surface area contributed by atoms with Gasteiger partial charge in [-0.2, -0.15) is 0 Å². The molecule has 1 unspecified atom stereocenters. The lowest BCUT2D eigenvalue weighted by Gasteiger charge is -2.35. The molecule has 1 saturated heterocycles. The van der Waals surface area contributed by atoms with E-state index in [0.717, 1.165) is 18.1 Å². The van der Waals surface area contributed by atoms with E-state index in [1.54, 1.807) is 35.2 Å². The highest BCUT2D eigenvalue weighted by atomic mass is 32.2. The number of nitrogens with one attached hydrogen (secondary N) is 1. The molecule has 1 aliphatic heterocycles. The van der Waals surface area contributed by atoms with Crippen LogP contribution < -0.4 is 5.32 Å². The second kappa shape index (κ2) is 9.20. The fraction of sp³-hybridized carbons (Fsp3) is 0.348. The number of thioether (sulfide) groups is 1. The molecule has 0 aliphatic carbocycles. The summed E-state index contributed by atoms with van der Waals surface area (Å²) in [6.07, 6.45) is 7.35. The maximum Gasteiger partial charge on any atom is 0.291 e. The molecule has 1 aliphatic rings. The van der Waals surface area contributed by atoms with E-state index in [2.05, 4.69) is 53.7 Å². The highest BCUT2D eigenvalue weighted by molar-refractivity contribution is 7.98. The molecule has 29 heavy (non-hydrogen) atoms. The lowest BCUT2D eigenvalue weighted by molar-refractivity contribution is 0.0996. The number of hydrogen-bond acceptors (Lipinski definition) is 5. The molecule has 4 nitrogen and oxygen atoms in total. The summed E-state index contributed by atoms with van der Waals surface area (Å²) in [5, 5.41) is 4.01. The molecule has 1 amide bonds. The number of thiophene rings is 1. The number of furan rings is 1. The van der Waals surface area contributed by atoms with Crippen molar-refractivity contribution in [2.45, 2.75) is 37.1 Å². The minimum absolute atomic E-state index is 0.142. The highest BCUT2D eigenvalue weighted by Crippen LogP contribution is 2.40. The van der Waals surface area contributed by atoms with Crippen LogP contribution >= 0.6 is 23.1 Å². The van der Waals surface area contributed by atoms with Crippen LogP contribution in [0.3, 0.4) is 0 Å². The minimum atomic E-state index is -0.201. The van der Waals surface area contributed by atoms with Crippen molar-refractivity contribution in [1.82, 2.24) is 4.90 Å². The lowest BCUT2D eigenvalue weighted by atomic mass is 9.96. The first kappa shape index (κ1) is 20.3. The van der Waals surface area contributed by atoms with Gasteiger partial charge in [0.05, 0.1) is 12.3 Å². The van der Waals surface area contributed by atoms with Gasteiger partial charge in [-0.15, -0.1) is 23.1 Å². The number of hydrogen-bond donors (Lipinski definition) is 1. The molecule has 1 atom stereocenters. The molecule has 0 bridgehead atoms. The van der Waals surface area contributed by atoms with Gasteiger partial charge in [-0.1, -0.05) is 18.6 Å². The molecule has 1 fully saturated rings. The second-order valence-electron chi connectivity index (χ2n) is 7.35. The number of carbonyl (C=O) groups is 1. The van der Waals surface area contributed by atoms with Gasteiger partial charge in [-0.05, 0) is 75.0 Å². The smallest absolute Gasteiger partial charge is 0.291 e. The lowest BCUT2D eigenvalue weighted by Crippen LogP contribution is -2.34. The van der Waals surface area contributed by atoms with Crippen LogP contribution in [0.15, 0.2) is 58.0 Å². The van der Waals surface area contributed by atoms with Crippen LogP contribution in [0.2, 0.25) is 0 Å². The van der Waals surface area contributed by atoms with Gasteiger partial charge in [0, 0.05) is 15.3 Å². The SMILES string of the molecule is CSc1ccc(C(c2cc(C)sc2NC(=O)c2ccco2)N2CCCCC2)cc1. The Labute approximate surface area is 180 Å². The molecule has 0 radical (unpaired) electrons. The summed E-state index contributed by atoms with van der Waals surface area (Å²) in [6, 6.07) is 14.6. The first-order valence-electron chi connectivity index (χ1n) is 9.99. The number of likely N-dealkylation sites (tertiary alicyclic amines) is 1. The van der Waals surface area contributed by atoms with Crippen molar-refractivity contribution >= 4 is 34.0 Å². The van der Waals surface area contributed by atoms with E-state index in [4.69, 9.17) is 4.42 Å². The largest absolute Gasteiger partial charge is 0.459 e. The third-order valence-electron chi connectivity index (χ3n) is 5.34. The van der Waals surface area contributed by atoms with E-state index in [9.17, 15) is 4.79 Å². The normalized spacial score (nSPS) is 15.9. The molecule has 0 saturated carbocycles. The first-order chi connectivity index (χ1) is 14.2. The number of piperidine rings is 1. The molecular formula is C23H26N2O2S2. The zero-order valence-electron chi connectivity index (χ0n) is 16.8. The van der Waals surface area contributed by atoms with Crippen molar-refractivity contribution in [2.24, 2.45) is 0 Å². The maximum absolute atomic E-state index is 12.6. The Balaban J connectivity index is 1.70. The van der Waals surface area contributed by atoms with Gasteiger partial charge < -0.3 is 9.73 Å². The molecule has 152 valence electrons. The van der Waals surface area contributed by atoms with Crippen LogP contribution in [0.1, 0.15) is 51.9 Å². The van der Waals surface area contributed by atoms with Gasteiger partial charge in [0.2, 0.25) is 0 Å². The zero-order chi connectivity index (χ0) is 20.2. The standard InChI is InChI=1S/C23H26N2O2S2/c1-16-15-19(23(29-16)24-22(26)20-7-6-14-27-20)21(25-12-4-3-5-13-25)17-8-10-18(28-2)11-9-17/h6-11,14-15,21H,3-5,12-13H2,1-2H3,(H,24,26). The van der Waals surface area contributed by atoms with Gasteiger partial charge in [-0.3, -0.25) is 9.69 Å². The summed E-state index contributed by atoms with van der Waals surface area (Å²) in [4.78, 5) is 17.7. The Kier molecular flexibility index (Phi) is 6.43. The summed E-state index contributed by atoms with van der Waals surface area (Å²) in [5.74, 6) is 0.133. The molecule has 4 rings (SSSR count). The molecular weight excluding hydrogens is 400 g/mol. The fourth-order valence-electron chi connectivity index (χ4n) is 3.96. The third kappa shape index (κ3) is 4.60. The van der Waals surface area contributed by atoms with E-state index in [1.807, 2.05) is 0 Å². The number of rotatable bonds is 6. The van der Waals surface area contributed by atoms with E-state index >= 15 is 0 Å². The predicted molar refractivity (Wildman–Crippen MR) is 121 cm³/mol. The average molecular weight is 427 g/mol. The Hall–Kier alpha value is -2.02.